The second kappa shape index (κ2) is 5.92. The topological polar surface area (TPSA) is 78.1 Å². The van der Waals surface area contributed by atoms with Crippen molar-refractivity contribution in [1.29, 1.82) is 0 Å². The highest BCUT2D eigenvalue weighted by Gasteiger charge is 2.12. The van der Waals surface area contributed by atoms with Crippen molar-refractivity contribution in [3.8, 4) is 0 Å². The minimum absolute atomic E-state index is 0.103. The number of nitrogens with zero attached hydrogens (tertiary/aromatic N) is 2. The fraction of sp³-hybridized carbons (Fsp3) is 0.118. The molecule has 2 aromatic carbocycles. The molecule has 2 amide bonds. The molecule has 1 heterocycles. The maximum absolute atomic E-state index is 12.2. The number of aromatic nitrogens is 2. The van der Waals surface area contributed by atoms with Crippen LogP contribution in [0.3, 0.4) is 0 Å². The Morgan fingerprint density at radius 3 is 2.30 bits per heavy atom. The third-order valence-corrected chi connectivity index (χ3v) is 3.42. The Morgan fingerprint density at radius 2 is 1.65 bits per heavy atom. The first-order valence-electron chi connectivity index (χ1n) is 7.12. The third kappa shape index (κ3) is 3.06. The number of fused-ring (bicyclic) bond motifs is 1. The Labute approximate surface area is 133 Å². The molecule has 1 aromatic heterocycles. The van der Waals surface area contributed by atoms with Crippen LogP contribution in [0, 0.1) is 0 Å². The Bertz CT molecular complexity index is 833. The summed E-state index contributed by atoms with van der Waals surface area (Å²) in [5.41, 5.74) is 2.64. The number of imidazole rings is 1. The summed E-state index contributed by atoms with van der Waals surface area (Å²) in [6, 6.07) is 14.0. The standard InChI is InChI=1S/C17H16N4O2/c1-21(2)16(23)12-9-7-11(8-10-12)15(22)20-17-18-13-5-3-4-6-14(13)19-17/h3-10H,1-2H3,(H2,18,19,20,22). The highest BCUT2D eigenvalue weighted by atomic mass is 16.2. The van der Waals surface area contributed by atoms with Crippen LogP contribution < -0.4 is 5.32 Å². The minimum Gasteiger partial charge on any atom is -0.345 e. The number of hydrogen-bond acceptors (Lipinski definition) is 3. The Balaban J connectivity index is 1.76. The first kappa shape index (κ1) is 14.8. The number of hydrogen-bond donors (Lipinski definition) is 2. The number of anilines is 1. The maximum Gasteiger partial charge on any atom is 0.257 e. The molecular formula is C17H16N4O2. The van der Waals surface area contributed by atoms with E-state index in [2.05, 4.69) is 15.3 Å². The van der Waals surface area contributed by atoms with Gasteiger partial charge in [-0.2, -0.15) is 0 Å². The summed E-state index contributed by atoms with van der Waals surface area (Å²) in [5.74, 6) is 0.00629. The van der Waals surface area contributed by atoms with Crippen molar-refractivity contribution in [1.82, 2.24) is 14.9 Å². The zero-order valence-electron chi connectivity index (χ0n) is 12.8. The molecule has 0 saturated heterocycles. The number of rotatable bonds is 3. The molecule has 6 heteroatoms. The van der Waals surface area contributed by atoms with E-state index in [-0.39, 0.29) is 11.8 Å². The number of amides is 2. The van der Waals surface area contributed by atoms with Gasteiger partial charge in [-0.15, -0.1) is 0 Å². The van der Waals surface area contributed by atoms with Crippen molar-refractivity contribution >= 4 is 28.8 Å². The summed E-state index contributed by atoms with van der Waals surface area (Å²) in [7, 11) is 3.37. The molecule has 0 atom stereocenters. The molecule has 3 aromatic rings. The van der Waals surface area contributed by atoms with Gasteiger partial charge in [-0.3, -0.25) is 14.9 Å². The van der Waals surface area contributed by atoms with Crippen LogP contribution in [-0.2, 0) is 0 Å². The quantitative estimate of drug-likeness (QED) is 0.780. The normalized spacial score (nSPS) is 10.5. The Morgan fingerprint density at radius 1 is 1.00 bits per heavy atom. The lowest BCUT2D eigenvalue weighted by molar-refractivity contribution is 0.0827. The highest BCUT2D eigenvalue weighted by molar-refractivity contribution is 6.04. The van der Waals surface area contributed by atoms with E-state index >= 15 is 0 Å². The fourth-order valence-corrected chi connectivity index (χ4v) is 2.21. The largest absolute Gasteiger partial charge is 0.345 e. The van der Waals surface area contributed by atoms with Crippen LogP contribution in [-0.4, -0.2) is 40.8 Å². The van der Waals surface area contributed by atoms with Crippen LogP contribution in [0.2, 0.25) is 0 Å². The van der Waals surface area contributed by atoms with Gasteiger partial charge in [0.2, 0.25) is 5.95 Å². The van der Waals surface area contributed by atoms with Crippen LogP contribution in [0.25, 0.3) is 11.0 Å². The summed E-state index contributed by atoms with van der Waals surface area (Å²) in [4.78, 5) is 32.9. The van der Waals surface area contributed by atoms with E-state index in [4.69, 9.17) is 0 Å². The van der Waals surface area contributed by atoms with Gasteiger partial charge in [0.25, 0.3) is 11.8 Å². The molecule has 0 aliphatic heterocycles. The molecule has 0 aliphatic rings. The van der Waals surface area contributed by atoms with Gasteiger partial charge < -0.3 is 9.88 Å². The van der Waals surface area contributed by atoms with Crippen molar-refractivity contribution in [2.75, 3.05) is 19.4 Å². The van der Waals surface area contributed by atoms with Crippen LogP contribution in [0.5, 0.6) is 0 Å². The first-order valence-corrected chi connectivity index (χ1v) is 7.12. The maximum atomic E-state index is 12.2. The molecular weight excluding hydrogens is 292 g/mol. The van der Waals surface area contributed by atoms with Gasteiger partial charge in [-0.25, -0.2) is 4.98 Å². The smallest absolute Gasteiger partial charge is 0.257 e. The number of nitrogens with one attached hydrogen (secondary N) is 2. The second-order valence-electron chi connectivity index (χ2n) is 5.33. The number of carbonyl (C=O) groups excluding carboxylic acids is 2. The summed E-state index contributed by atoms with van der Waals surface area (Å²) >= 11 is 0. The van der Waals surface area contributed by atoms with Gasteiger partial charge in [0.15, 0.2) is 0 Å². The summed E-state index contributed by atoms with van der Waals surface area (Å²) in [6.45, 7) is 0. The summed E-state index contributed by atoms with van der Waals surface area (Å²) in [5, 5.41) is 2.72. The van der Waals surface area contributed by atoms with Crippen LogP contribution >= 0.6 is 0 Å². The number of aromatic amines is 1. The lowest BCUT2D eigenvalue weighted by atomic mass is 10.1. The van der Waals surface area contributed by atoms with Crippen molar-refractivity contribution in [2.24, 2.45) is 0 Å². The average molecular weight is 308 g/mol. The van der Waals surface area contributed by atoms with Gasteiger partial charge in [0.05, 0.1) is 11.0 Å². The number of H-pyrrole nitrogens is 1. The SMILES string of the molecule is CN(C)C(=O)c1ccc(C(=O)Nc2nc3ccccc3[nH]2)cc1. The minimum atomic E-state index is -0.284. The Hall–Kier alpha value is -3.15. The molecule has 0 saturated carbocycles. The van der Waals surface area contributed by atoms with Gasteiger partial charge in [0, 0.05) is 25.2 Å². The predicted octanol–water partition coefficient (Wildman–Crippen LogP) is 2.52. The number of benzene rings is 2. The highest BCUT2D eigenvalue weighted by Crippen LogP contribution is 2.14. The first-order chi connectivity index (χ1) is 11.0. The lowest BCUT2D eigenvalue weighted by Gasteiger charge is -2.10. The summed E-state index contributed by atoms with van der Waals surface area (Å²) in [6.07, 6.45) is 0. The lowest BCUT2D eigenvalue weighted by Crippen LogP contribution is -2.21. The van der Waals surface area contributed by atoms with Gasteiger partial charge >= 0.3 is 0 Å². The van der Waals surface area contributed by atoms with E-state index in [0.717, 1.165) is 11.0 Å². The van der Waals surface area contributed by atoms with Gasteiger partial charge in [0.1, 0.15) is 0 Å². The molecule has 23 heavy (non-hydrogen) atoms. The van der Waals surface area contributed by atoms with Crippen molar-refractivity contribution < 1.29 is 9.59 Å². The second-order valence-corrected chi connectivity index (χ2v) is 5.33. The summed E-state index contributed by atoms with van der Waals surface area (Å²) < 4.78 is 0. The van der Waals surface area contributed by atoms with E-state index in [0.29, 0.717) is 17.1 Å². The molecule has 0 bridgehead atoms. The number of para-hydroxylation sites is 2. The van der Waals surface area contributed by atoms with Crippen LogP contribution in [0.4, 0.5) is 5.95 Å². The van der Waals surface area contributed by atoms with Crippen LogP contribution in [0.15, 0.2) is 48.5 Å². The molecule has 6 nitrogen and oxygen atoms in total. The Kier molecular flexibility index (Phi) is 3.80. The van der Waals surface area contributed by atoms with Crippen molar-refractivity contribution in [2.45, 2.75) is 0 Å². The predicted molar refractivity (Wildman–Crippen MR) is 88.5 cm³/mol. The van der Waals surface area contributed by atoms with Gasteiger partial charge in [-0.05, 0) is 36.4 Å². The zero-order chi connectivity index (χ0) is 16.4. The third-order valence-electron chi connectivity index (χ3n) is 3.42. The molecule has 0 aliphatic carbocycles. The molecule has 3 rings (SSSR count). The molecule has 0 unspecified atom stereocenters. The fourth-order valence-electron chi connectivity index (χ4n) is 2.21. The van der Waals surface area contributed by atoms with E-state index in [9.17, 15) is 9.59 Å². The van der Waals surface area contributed by atoms with Gasteiger partial charge in [-0.1, -0.05) is 12.1 Å². The zero-order valence-corrected chi connectivity index (χ0v) is 12.8. The van der Waals surface area contributed by atoms with E-state index in [1.54, 1.807) is 38.4 Å². The number of carbonyl (C=O) groups is 2. The average Bonchev–Trinajstić information content (AvgIpc) is 2.96. The van der Waals surface area contributed by atoms with Crippen molar-refractivity contribution in [3.63, 3.8) is 0 Å². The molecule has 0 radical (unpaired) electrons. The molecule has 116 valence electrons. The monoisotopic (exact) mass is 308 g/mol. The molecule has 0 spiro atoms. The van der Waals surface area contributed by atoms with Crippen molar-refractivity contribution in [3.05, 3.63) is 59.7 Å². The van der Waals surface area contributed by atoms with E-state index < -0.39 is 0 Å². The molecule has 0 fully saturated rings. The molecule has 2 N–H and O–H groups in total. The van der Waals surface area contributed by atoms with E-state index in [1.807, 2.05) is 24.3 Å². The van der Waals surface area contributed by atoms with E-state index in [1.165, 1.54) is 4.90 Å². The van der Waals surface area contributed by atoms with Crippen LogP contribution in [0.1, 0.15) is 20.7 Å².